The number of carbonyl (C=O) groups is 2. The molecular formula is C23H34N2O4. The van der Waals surface area contributed by atoms with E-state index in [9.17, 15) is 14.7 Å². The number of nitrogens with zero attached hydrogens (tertiary/aromatic N) is 1. The van der Waals surface area contributed by atoms with E-state index in [0.29, 0.717) is 24.5 Å². The number of ether oxygens (including phenoxy) is 1. The summed E-state index contributed by atoms with van der Waals surface area (Å²) in [6.07, 6.45) is 3.43. The molecule has 2 N–H and O–H groups in total. The third-order valence-electron chi connectivity index (χ3n) is 6.34. The topological polar surface area (TPSA) is 78.9 Å². The van der Waals surface area contributed by atoms with Gasteiger partial charge in [-0.05, 0) is 54.7 Å². The molecule has 29 heavy (non-hydrogen) atoms. The molecule has 1 aliphatic carbocycles. The van der Waals surface area contributed by atoms with E-state index in [0.717, 1.165) is 24.2 Å². The van der Waals surface area contributed by atoms with Crippen LogP contribution in [0.3, 0.4) is 0 Å². The predicted molar refractivity (Wildman–Crippen MR) is 112 cm³/mol. The van der Waals surface area contributed by atoms with Gasteiger partial charge in [0.2, 0.25) is 0 Å². The van der Waals surface area contributed by atoms with E-state index in [-0.39, 0.29) is 24.5 Å². The molecular weight excluding hydrogens is 368 g/mol. The second kappa shape index (κ2) is 8.34. The quantitative estimate of drug-likeness (QED) is 0.713. The Morgan fingerprint density at radius 3 is 2.38 bits per heavy atom. The highest BCUT2D eigenvalue weighted by atomic mass is 16.5. The minimum absolute atomic E-state index is 0.0246. The molecule has 160 valence electrons. The number of carbonyl (C=O) groups excluding carboxylic acids is 2. The summed E-state index contributed by atoms with van der Waals surface area (Å²) in [5.74, 6) is 1.08. The first-order valence-electron chi connectivity index (χ1n) is 10.7. The van der Waals surface area contributed by atoms with Crippen molar-refractivity contribution < 1.29 is 19.4 Å². The van der Waals surface area contributed by atoms with E-state index in [1.165, 1.54) is 5.56 Å². The number of hydrogen-bond donors (Lipinski definition) is 2. The standard InChI is InChI=1S/C23H34N2O4/c1-5-16-10-12-23(13-11-16)20(27)25(21(28)24-23)14-18(26)15-29-19-8-6-17(7-9-19)22(2,3)4/h6-9,16,18,26H,5,10-15H2,1-4H3,(H,24,28)/t16?,18-,23?/m0/s1. The summed E-state index contributed by atoms with van der Waals surface area (Å²) >= 11 is 0. The number of β-amino-alcohol motifs (C(OH)–C–C–N with tert-alkyl or cyclic N) is 1. The van der Waals surface area contributed by atoms with Crippen molar-refractivity contribution >= 4 is 11.9 Å². The molecule has 3 rings (SSSR count). The molecule has 3 amide bonds. The molecule has 0 aromatic heterocycles. The number of hydrogen-bond acceptors (Lipinski definition) is 4. The minimum atomic E-state index is -0.936. The maximum Gasteiger partial charge on any atom is 0.325 e. The van der Waals surface area contributed by atoms with Crippen LogP contribution in [-0.2, 0) is 10.2 Å². The lowest BCUT2D eigenvalue weighted by molar-refractivity contribution is -0.133. The van der Waals surface area contributed by atoms with Crippen LogP contribution in [-0.4, -0.2) is 46.7 Å². The van der Waals surface area contributed by atoms with Crippen molar-refractivity contribution in [1.82, 2.24) is 10.2 Å². The van der Waals surface area contributed by atoms with E-state index < -0.39 is 17.7 Å². The molecule has 1 saturated heterocycles. The average Bonchev–Trinajstić information content (AvgIpc) is 2.91. The number of benzene rings is 1. The van der Waals surface area contributed by atoms with Crippen LogP contribution in [0.4, 0.5) is 4.79 Å². The highest BCUT2D eigenvalue weighted by Gasteiger charge is 2.52. The lowest BCUT2D eigenvalue weighted by Crippen LogP contribution is -2.50. The van der Waals surface area contributed by atoms with Gasteiger partial charge in [-0.25, -0.2) is 4.79 Å². The Bertz CT molecular complexity index is 730. The zero-order valence-electron chi connectivity index (χ0n) is 18.0. The van der Waals surface area contributed by atoms with Gasteiger partial charge < -0.3 is 15.2 Å². The minimum Gasteiger partial charge on any atom is -0.491 e. The first-order chi connectivity index (χ1) is 13.6. The molecule has 1 aliphatic heterocycles. The Hall–Kier alpha value is -2.08. The third-order valence-corrected chi connectivity index (χ3v) is 6.34. The summed E-state index contributed by atoms with van der Waals surface area (Å²) < 4.78 is 5.66. The molecule has 0 bridgehead atoms. The highest BCUT2D eigenvalue weighted by Crippen LogP contribution is 2.37. The molecule has 1 atom stereocenters. The zero-order valence-corrected chi connectivity index (χ0v) is 18.0. The second-order valence-corrected chi connectivity index (χ2v) is 9.52. The van der Waals surface area contributed by atoms with E-state index in [4.69, 9.17) is 4.74 Å². The summed E-state index contributed by atoms with van der Waals surface area (Å²) in [4.78, 5) is 26.5. The summed E-state index contributed by atoms with van der Waals surface area (Å²) in [7, 11) is 0. The normalized spacial score (nSPS) is 26.0. The second-order valence-electron chi connectivity index (χ2n) is 9.52. The van der Waals surface area contributed by atoms with Crippen LogP contribution < -0.4 is 10.1 Å². The van der Waals surface area contributed by atoms with Gasteiger partial charge in [0, 0.05) is 0 Å². The largest absolute Gasteiger partial charge is 0.491 e. The Balaban J connectivity index is 1.53. The number of imide groups is 1. The van der Waals surface area contributed by atoms with Crippen molar-refractivity contribution in [3.63, 3.8) is 0 Å². The van der Waals surface area contributed by atoms with Crippen molar-refractivity contribution in [2.45, 2.75) is 76.9 Å². The van der Waals surface area contributed by atoms with Crippen LogP contribution in [0.25, 0.3) is 0 Å². The summed E-state index contributed by atoms with van der Waals surface area (Å²) in [6, 6.07) is 7.37. The lowest BCUT2D eigenvalue weighted by Gasteiger charge is -2.34. The molecule has 6 heteroatoms. The average molecular weight is 403 g/mol. The third kappa shape index (κ3) is 4.74. The van der Waals surface area contributed by atoms with Crippen molar-refractivity contribution in [3.8, 4) is 5.75 Å². The van der Waals surface area contributed by atoms with Crippen LogP contribution in [0.1, 0.15) is 65.4 Å². The van der Waals surface area contributed by atoms with Crippen LogP contribution >= 0.6 is 0 Å². The van der Waals surface area contributed by atoms with Crippen molar-refractivity contribution in [2.75, 3.05) is 13.2 Å². The maximum atomic E-state index is 12.9. The fourth-order valence-corrected chi connectivity index (χ4v) is 4.27. The summed E-state index contributed by atoms with van der Waals surface area (Å²) in [6.45, 7) is 8.57. The van der Waals surface area contributed by atoms with Crippen LogP contribution in [0.5, 0.6) is 5.75 Å². The fourth-order valence-electron chi connectivity index (χ4n) is 4.27. The molecule has 1 aromatic carbocycles. The van der Waals surface area contributed by atoms with Gasteiger partial charge in [-0.1, -0.05) is 46.2 Å². The molecule has 1 saturated carbocycles. The highest BCUT2D eigenvalue weighted by molar-refractivity contribution is 6.07. The monoisotopic (exact) mass is 402 g/mol. The molecule has 0 unspecified atom stereocenters. The first kappa shape index (κ1) is 21.6. The Labute approximate surface area is 173 Å². The molecule has 1 aromatic rings. The molecule has 0 radical (unpaired) electrons. The number of aliphatic hydroxyl groups is 1. The zero-order chi connectivity index (χ0) is 21.2. The number of aliphatic hydroxyl groups excluding tert-OH is 1. The van der Waals surface area contributed by atoms with Gasteiger partial charge in [-0.3, -0.25) is 9.69 Å². The van der Waals surface area contributed by atoms with E-state index in [1.54, 1.807) is 0 Å². The van der Waals surface area contributed by atoms with E-state index >= 15 is 0 Å². The van der Waals surface area contributed by atoms with E-state index in [2.05, 4.69) is 33.0 Å². The van der Waals surface area contributed by atoms with Crippen molar-refractivity contribution in [1.29, 1.82) is 0 Å². The van der Waals surface area contributed by atoms with Gasteiger partial charge >= 0.3 is 6.03 Å². The summed E-state index contributed by atoms with van der Waals surface area (Å²) in [5, 5.41) is 13.3. The van der Waals surface area contributed by atoms with Crippen LogP contribution in [0, 0.1) is 5.92 Å². The smallest absolute Gasteiger partial charge is 0.325 e. The number of amides is 3. The van der Waals surface area contributed by atoms with E-state index in [1.807, 2.05) is 24.3 Å². The summed E-state index contributed by atoms with van der Waals surface area (Å²) in [5.41, 5.74) is 0.493. The van der Waals surface area contributed by atoms with Gasteiger partial charge in [-0.15, -0.1) is 0 Å². The number of urea groups is 1. The Kier molecular flexibility index (Phi) is 6.22. The molecule has 2 aliphatic rings. The van der Waals surface area contributed by atoms with Crippen LogP contribution in [0.2, 0.25) is 0 Å². The number of nitrogens with one attached hydrogen (secondary N) is 1. The van der Waals surface area contributed by atoms with Crippen LogP contribution in [0.15, 0.2) is 24.3 Å². The van der Waals surface area contributed by atoms with Crippen molar-refractivity contribution in [3.05, 3.63) is 29.8 Å². The fraction of sp³-hybridized carbons (Fsp3) is 0.652. The van der Waals surface area contributed by atoms with Gasteiger partial charge in [0.25, 0.3) is 5.91 Å². The van der Waals surface area contributed by atoms with Gasteiger partial charge in [0.05, 0.1) is 6.54 Å². The Morgan fingerprint density at radius 1 is 1.21 bits per heavy atom. The Morgan fingerprint density at radius 2 is 1.83 bits per heavy atom. The number of rotatable bonds is 6. The molecule has 2 fully saturated rings. The maximum absolute atomic E-state index is 12.9. The van der Waals surface area contributed by atoms with Crippen molar-refractivity contribution in [2.24, 2.45) is 5.92 Å². The molecule has 1 heterocycles. The van der Waals surface area contributed by atoms with Gasteiger partial charge in [-0.2, -0.15) is 0 Å². The predicted octanol–water partition coefficient (Wildman–Crippen LogP) is 3.61. The molecule has 1 spiro atoms. The first-order valence-corrected chi connectivity index (χ1v) is 10.7. The SMILES string of the molecule is CCC1CCC2(CC1)NC(=O)N(C[C@H](O)COc1ccc(C(C)(C)C)cc1)C2=O. The van der Waals surface area contributed by atoms with Gasteiger partial charge in [0.15, 0.2) is 0 Å². The lowest BCUT2D eigenvalue weighted by atomic mass is 9.75. The molecule has 6 nitrogen and oxygen atoms in total. The van der Waals surface area contributed by atoms with Gasteiger partial charge in [0.1, 0.15) is 24.0 Å².